The summed E-state index contributed by atoms with van der Waals surface area (Å²) in [5, 5.41) is 9.11. The monoisotopic (exact) mass is 283 g/mol. The van der Waals surface area contributed by atoms with Crippen LogP contribution in [0.1, 0.15) is 53.4 Å². The summed E-state index contributed by atoms with van der Waals surface area (Å²) in [5.41, 5.74) is 0.260. The van der Waals surface area contributed by atoms with Gasteiger partial charge in [-0.3, -0.25) is 0 Å². The average Bonchev–Trinajstić information content (AvgIpc) is 2.38. The third-order valence-corrected chi connectivity index (χ3v) is 5.81. The topological polar surface area (TPSA) is 40.5 Å². The van der Waals surface area contributed by atoms with E-state index in [9.17, 15) is 4.79 Å². The molecule has 2 aliphatic rings. The van der Waals surface area contributed by atoms with Crippen molar-refractivity contribution in [2.75, 3.05) is 26.2 Å². The van der Waals surface area contributed by atoms with Crippen molar-refractivity contribution in [2.24, 2.45) is 5.92 Å². The smallest absolute Gasteiger partial charge is 0.407 e. The molecule has 0 bridgehead atoms. The summed E-state index contributed by atoms with van der Waals surface area (Å²) in [6.45, 7) is 13.4. The molecule has 0 radical (unpaired) electrons. The van der Waals surface area contributed by atoms with Crippen LogP contribution in [-0.4, -0.2) is 58.3 Å². The Hall–Kier alpha value is -0.770. The zero-order chi connectivity index (χ0) is 15.0. The van der Waals surface area contributed by atoms with E-state index in [1.165, 1.54) is 30.4 Å². The van der Waals surface area contributed by atoms with Crippen LogP contribution in [0.5, 0.6) is 0 Å². The van der Waals surface area contributed by atoms with Crippen molar-refractivity contribution in [3.8, 4) is 0 Å². The molecule has 1 amide bonds. The Bertz CT molecular complexity index is 346. The number of carbonyl (C=O) groups is 1. The second kappa shape index (κ2) is 5.55. The molecule has 0 unspecified atom stereocenters. The van der Waals surface area contributed by atoms with Crippen molar-refractivity contribution in [3.63, 3.8) is 0 Å². The Labute approximate surface area is 123 Å². The van der Waals surface area contributed by atoms with Crippen molar-refractivity contribution in [2.45, 2.75) is 65.0 Å². The van der Waals surface area contributed by atoms with E-state index in [1.807, 2.05) is 0 Å². The number of carboxylic acid groups (broad SMARTS) is 1. The minimum absolute atomic E-state index is 0.260. The van der Waals surface area contributed by atoms with Gasteiger partial charge in [0.15, 0.2) is 0 Å². The molecule has 2 rings (SSSR count). The highest BCUT2D eigenvalue weighted by Crippen LogP contribution is 2.38. The normalized spacial score (nSPS) is 33.2. The maximum Gasteiger partial charge on any atom is 0.407 e. The Morgan fingerprint density at radius 3 is 2.00 bits per heavy atom. The SMILES string of the molecule is CC1CC[N+](C2CCN(C(=O)O)CC2)(C(C)(C)C)CC1. The van der Waals surface area contributed by atoms with Gasteiger partial charge in [0.1, 0.15) is 0 Å². The van der Waals surface area contributed by atoms with Crippen LogP contribution in [0.3, 0.4) is 0 Å². The number of likely N-dealkylation sites (tertiary alicyclic amines) is 2. The molecule has 0 aromatic carbocycles. The number of amides is 1. The lowest BCUT2D eigenvalue weighted by atomic mass is 9.85. The highest BCUT2D eigenvalue weighted by molar-refractivity contribution is 5.64. The molecule has 2 aliphatic heterocycles. The number of nitrogens with zero attached hydrogens (tertiary/aromatic N) is 2. The highest BCUT2D eigenvalue weighted by Gasteiger charge is 2.49. The van der Waals surface area contributed by atoms with E-state index in [-0.39, 0.29) is 5.54 Å². The maximum atomic E-state index is 11.1. The van der Waals surface area contributed by atoms with Crippen LogP contribution in [0.15, 0.2) is 0 Å². The summed E-state index contributed by atoms with van der Waals surface area (Å²) in [4.78, 5) is 12.7. The predicted octanol–water partition coefficient (Wildman–Crippen LogP) is 3.17. The van der Waals surface area contributed by atoms with Crippen molar-refractivity contribution >= 4 is 6.09 Å². The van der Waals surface area contributed by atoms with Crippen molar-refractivity contribution in [3.05, 3.63) is 0 Å². The van der Waals surface area contributed by atoms with Crippen LogP contribution >= 0.6 is 0 Å². The van der Waals surface area contributed by atoms with Gasteiger partial charge in [0.25, 0.3) is 0 Å². The van der Waals surface area contributed by atoms with Crippen molar-refractivity contribution in [1.82, 2.24) is 4.90 Å². The summed E-state index contributed by atoms with van der Waals surface area (Å²) in [6, 6.07) is 0.637. The molecule has 0 spiro atoms. The van der Waals surface area contributed by atoms with Gasteiger partial charge >= 0.3 is 6.09 Å². The molecule has 2 saturated heterocycles. The van der Waals surface area contributed by atoms with E-state index in [2.05, 4.69) is 27.7 Å². The van der Waals surface area contributed by atoms with Gasteiger partial charge in [-0.1, -0.05) is 6.92 Å². The molecular formula is C16H31N2O2+. The van der Waals surface area contributed by atoms with Gasteiger partial charge < -0.3 is 14.5 Å². The minimum atomic E-state index is -0.752. The van der Waals surface area contributed by atoms with Crippen molar-refractivity contribution < 1.29 is 14.4 Å². The molecule has 0 aliphatic carbocycles. The molecule has 2 heterocycles. The summed E-state index contributed by atoms with van der Waals surface area (Å²) >= 11 is 0. The fourth-order valence-corrected chi connectivity index (χ4v) is 4.29. The molecule has 0 aromatic rings. The van der Waals surface area contributed by atoms with Gasteiger partial charge in [0.2, 0.25) is 0 Å². The van der Waals surface area contributed by atoms with Gasteiger partial charge in [0, 0.05) is 25.9 Å². The predicted molar refractivity (Wildman–Crippen MR) is 80.8 cm³/mol. The van der Waals surface area contributed by atoms with Gasteiger partial charge in [-0.25, -0.2) is 4.79 Å². The number of hydrogen-bond donors (Lipinski definition) is 1. The molecule has 20 heavy (non-hydrogen) atoms. The van der Waals surface area contributed by atoms with Crippen LogP contribution in [0.4, 0.5) is 4.79 Å². The third-order valence-electron chi connectivity index (χ3n) is 5.81. The van der Waals surface area contributed by atoms with E-state index in [0.29, 0.717) is 19.1 Å². The van der Waals surface area contributed by atoms with Crippen LogP contribution in [0, 0.1) is 5.92 Å². The number of rotatable bonds is 1. The van der Waals surface area contributed by atoms with E-state index in [1.54, 1.807) is 4.90 Å². The van der Waals surface area contributed by atoms with E-state index in [4.69, 9.17) is 5.11 Å². The minimum Gasteiger partial charge on any atom is -0.465 e. The van der Waals surface area contributed by atoms with Gasteiger partial charge in [-0.2, -0.15) is 0 Å². The van der Waals surface area contributed by atoms with E-state index >= 15 is 0 Å². The third kappa shape index (κ3) is 2.80. The zero-order valence-corrected chi connectivity index (χ0v) is 13.6. The van der Waals surface area contributed by atoms with Crippen LogP contribution < -0.4 is 0 Å². The summed E-state index contributed by atoms with van der Waals surface area (Å²) in [6.07, 6.45) is 3.93. The molecule has 2 fully saturated rings. The summed E-state index contributed by atoms with van der Waals surface area (Å²) < 4.78 is 1.20. The lowest BCUT2D eigenvalue weighted by molar-refractivity contribution is -0.997. The number of piperidine rings is 2. The average molecular weight is 283 g/mol. The quantitative estimate of drug-likeness (QED) is 0.751. The molecule has 0 atom stereocenters. The molecule has 0 saturated carbocycles. The maximum absolute atomic E-state index is 11.1. The molecule has 116 valence electrons. The second-order valence-electron chi connectivity index (χ2n) is 7.84. The number of hydrogen-bond acceptors (Lipinski definition) is 1. The summed E-state index contributed by atoms with van der Waals surface area (Å²) in [7, 11) is 0. The van der Waals surface area contributed by atoms with Gasteiger partial charge in [-0.05, 0) is 39.5 Å². The van der Waals surface area contributed by atoms with E-state index < -0.39 is 6.09 Å². The lowest BCUT2D eigenvalue weighted by Gasteiger charge is -2.57. The fourth-order valence-electron chi connectivity index (χ4n) is 4.29. The molecule has 1 N–H and O–H groups in total. The second-order valence-corrected chi connectivity index (χ2v) is 7.84. The molecular weight excluding hydrogens is 252 g/mol. The zero-order valence-electron chi connectivity index (χ0n) is 13.6. The fraction of sp³-hybridized carbons (Fsp3) is 0.938. The first-order valence-corrected chi connectivity index (χ1v) is 8.11. The lowest BCUT2D eigenvalue weighted by Crippen LogP contribution is -2.69. The van der Waals surface area contributed by atoms with Gasteiger partial charge in [-0.15, -0.1) is 0 Å². The molecule has 4 heteroatoms. The van der Waals surface area contributed by atoms with Crippen molar-refractivity contribution in [1.29, 1.82) is 0 Å². The highest BCUT2D eigenvalue weighted by atomic mass is 16.4. The molecule has 0 aromatic heterocycles. The Morgan fingerprint density at radius 2 is 1.60 bits per heavy atom. The van der Waals surface area contributed by atoms with E-state index in [0.717, 1.165) is 18.8 Å². The Morgan fingerprint density at radius 1 is 1.10 bits per heavy atom. The Balaban J connectivity index is 2.11. The standard InChI is InChI=1S/C16H30N2O2/c1-13-7-11-18(12-8-13,16(2,3)4)14-5-9-17(10-6-14)15(19)20/h13-14H,5-12H2,1-4H3/p+1. The summed E-state index contributed by atoms with van der Waals surface area (Å²) in [5.74, 6) is 0.850. The van der Waals surface area contributed by atoms with Crippen LogP contribution in [0.2, 0.25) is 0 Å². The first kappa shape index (κ1) is 15.6. The number of quaternary nitrogens is 1. The first-order chi connectivity index (χ1) is 9.26. The molecule has 4 nitrogen and oxygen atoms in total. The van der Waals surface area contributed by atoms with Crippen LogP contribution in [0.25, 0.3) is 0 Å². The van der Waals surface area contributed by atoms with Gasteiger partial charge in [0.05, 0.1) is 24.7 Å². The first-order valence-electron chi connectivity index (χ1n) is 8.11. The van der Waals surface area contributed by atoms with Crippen LogP contribution in [-0.2, 0) is 0 Å². The Kier molecular flexibility index (Phi) is 4.33. The largest absolute Gasteiger partial charge is 0.465 e.